The van der Waals surface area contributed by atoms with Gasteiger partial charge in [0.25, 0.3) is 11.5 Å². The van der Waals surface area contributed by atoms with Gasteiger partial charge in [-0.05, 0) is 42.8 Å². The van der Waals surface area contributed by atoms with Crippen LogP contribution in [-0.4, -0.2) is 15.4 Å². The monoisotopic (exact) mass is 520 g/mol. The molecule has 4 aromatic rings. The van der Waals surface area contributed by atoms with E-state index in [-0.39, 0.29) is 10.3 Å². The molecule has 0 unspecified atom stereocenters. The second-order valence-electron chi connectivity index (χ2n) is 7.89. The van der Waals surface area contributed by atoms with Gasteiger partial charge < -0.3 is 9.73 Å². The number of anilines is 1. The Hall–Kier alpha value is -4.28. The molecule has 1 aliphatic rings. The van der Waals surface area contributed by atoms with Crippen molar-refractivity contribution in [2.75, 3.05) is 5.32 Å². The number of para-hydroxylation sites is 1. The number of allylic oxidation sites excluding steroid dienone is 1. The van der Waals surface area contributed by atoms with E-state index in [0.29, 0.717) is 32.3 Å². The number of carbonyl (C=O) groups is 1. The number of rotatable bonds is 5. The Morgan fingerprint density at radius 2 is 1.89 bits per heavy atom. The van der Waals surface area contributed by atoms with Gasteiger partial charge in [-0.25, -0.2) is 4.99 Å². The number of nitrogens with one attached hydrogen (secondary N) is 1. The van der Waals surface area contributed by atoms with Gasteiger partial charge in [0.2, 0.25) is 0 Å². The first kappa shape index (κ1) is 23.5. The molecule has 2 aromatic heterocycles. The van der Waals surface area contributed by atoms with Crippen LogP contribution in [0.15, 0.2) is 92.2 Å². The van der Waals surface area contributed by atoms with E-state index >= 15 is 0 Å². The number of amides is 1. The Labute approximate surface area is 212 Å². The molecule has 180 valence electrons. The first-order valence-corrected chi connectivity index (χ1v) is 11.9. The van der Waals surface area contributed by atoms with E-state index in [1.54, 1.807) is 55.5 Å². The molecule has 1 atom stereocenters. The molecule has 9 nitrogen and oxygen atoms in total. The van der Waals surface area contributed by atoms with Crippen molar-refractivity contribution in [3.05, 3.63) is 124 Å². The van der Waals surface area contributed by atoms with E-state index < -0.39 is 28.3 Å². The highest BCUT2D eigenvalue weighted by atomic mass is 35.5. The van der Waals surface area contributed by atoms with Crippen LogP contribution in [0.5, 0.6) is 0 Å². The normalized spacial score (nSPS) is 15.4. The summed E-state index contributed by atoms with van der Waals surface area (Å²) in [5.41, 5.74) is 1.65. The van der Waals surface area contributed by atoms with Crippen LogP contribution in [0.3, 0.4) is 0 Å². The zero-order valence-electron chi connectivity index (χ0n) is 18.7. The Balaban J connectivity index is 1.66. The maximum atomic E-state index is 13.6. The number of nitro groups is 1. The lowest BCUT2D eigenvalue weighted by molar-refractivity contribution is -0.402. The summed E-state index contributed by atoms with van der Waals surface area (Å²) in [6.07, 6.45) is 1.43. The number of furan rings is 1. The van der Waals surface area contributed by atoms with Crippen molar-refractivity contribution in [3.63, 3.8) is 0 Å². The molecule has 36 heavy (non-hydrogen) atoms. The number of halogens is 1. The highest BCUT2D eigenvalue weighted by Crippen LogP contribution is 2.31. The van der Waals surface area contributed by atoms with Crippen molar-refractivity contribution in [3.8, 4) is 0 Å². The zero-order valence-corrected chi connectivity index (χ0v) is 20.2. The smallest absolute Gasteiger partial charge is 0.401 e. The van der Waals surface area contributed by atoms with Crippen LogP contribution in [0, 0.1) is 10.1 Å². The predicted molar refractivity (Wildman–Crippen MR) is 136 cm³/mol. The number of hydrogen-bond donors (Lipinski definition) is 1. The third-order valence-electron chi connectivity index (χ3n) is 5.55. The summed E-state index contributed by atoms with van der Waals surface area (Å²) in [5.74, 6) is -0.658. The van der Waals surface area contributed by atoms with E-state index in [4.69, 9.17) is 16.0 Å². The van der Waals surface area contributed by atoms with Gasteiger partial charge in [0.05, 0.1) is 27.9 Å². The van der Waals surface area contributed by atoms with Gasteiger partial charge in [-0.1, -0.05) is 53.3 Å². The molecule has 0 spiro atoms. The van der Waals surface area contributed by atoms with Crippen molar-refractivity contribution >= 4 is 46.5 Å². The number of carbonyl (C=O) groups excluding carboxylic acids is 1. The largest absolute Gasteiger partial charge is 0.433 e. The van der Waals surface area contributed by atoms with Gasteiger partial charge >= 0.3 is 5.88 Å². The van der Waals surface area contributed by atoms with E-state index in [1.807, 2.05) is 6.07 Å². The minimum atomic E-state index is -0.768. The maximum absolute atomic E-state index is 13.6. The fraction of sp³-hybridized carbons (Fsp3) is 0.0800. The molecule has 2 aromatic carbocycles. The first-order chi connectivity index (χ1) is 17.3. The van der Waals surface area contributed by atoms with Crippen molar-refractivity contribution in [1.82, 2.24) is 4.57 Å². The SMILES string of the molecule is CC1=C(C(=O)Nc2ccccc2)[C@H](c2ccc(Cl)cc2)n2c(s/c(=C/c3ccc([N+](=O)[O-])o3)c2=O)=N1. The number of hydrogen-bond acceptors (Lipinski definition) is 7. The lowest BCUT2D eigenvalue weighted by Gasteiger charge is -2.25. The third-order valence-corrected chi connectivity index (χ3v) is 6.78. The first-order valence-electron chi connectivity index (χ1n) is 10.7. The summed E-state index contributed by atoms with van der Waals surface area (Å²) in [4.78, 5) is 42.3. The average molecular weight is 521 g/mol. The van der Waals surface area contributed by atoms with E-state index in [2.05, 4.69) is 10.3 Å². The van der Waals surface area contributed by atoms with E-state index in [9.17, 15) is 19.7 Å². The van der Waals surface area contributed by atoms with Crippen molar-refractivity contribution in [2.24, 2.45) is 4.99 Å². The predicted octanol–water partition coefficient (Wildman–Crippen LogP) is 4.03. The highest BCUT2D eigenvalue weighted by molar-refractivity contribution is 7.07. The number of nitrogens with zero attached hydrogens (tertiary/aromatic N) is 3. The molecule has 0 bridgehead atoms. The second kappa shape index (κ2) is 9.40. The van der Waals surface area contributed by atoms with Gasteiger partial charge in [0, 0.05) is 16.8 Å². The number of benzene rings is 2. The van der Waals surface area contributed by atoms with E-state index in [1.165, 1.54) is 22.8 Å². The number of fused-ring (bicyclic) bond motifs is 1. The Morgan fingerprint density at radius 3 is 2.56 bits per heavy atom. The molecule has 0 saturated heterocycles. The Morgan fingerprint density at radius 1 is 1.17 bits per heavy atom. The van der Waals surface area contributed by atoms with Crippen molar-refractivity contribution in [2.45, 2.75) is 13.0 Å². The van der Waals surface area contributed by atoms with Gasteiger partial charge in [0.1, 0.15) is 10.7 Å². The van der Waals surface area contributed by atoms with Gasteiger partial charge in [-0.15, -0.1) is 0 Å². The van der Waals surface area contributed by atoms with Crippen LogP contribution >= 0.6 is 22.9 Å². The number of thiazole rings is 1. The van der Waals surface area contributed by atoms with Crippen molar-refractivity contribution in [1.29, 1.82) is 0 Å². The lowest BCUT2D eigenvalue weighted by atomic mass is 9.95. The molecular weight excluding hydrogens is 504 g/mol. The molecule has 0 saturated carbocycles. The summed E-state index contributed by atoms with van der Waals surface area (Å²) >= 11 is 7.20. The molecule has 3 heterocycles. The standard InChI is InChI=1S/C25H17ClN4O5S/c1-14-21(23(31)28-17-5-3-2-4-6-17)22(15-7-9-16(26)10-8-15)29-24(32)19(36-25(29)27-14)13-18-11-12-20(35-18)30(33)34/h2-13,22H,1H3,(H,28,31)/b19-13+/t22-/m0/s1. The topological polar surface area (TPSA) is 120 Å². The highest BCUT2D eigenvalue weighted by Gasteiger charge is 2.32. The van der Waals surface area contributed by atoms with Crippen LogP contribution in [0.25, 0.3) is 6.08 Å². The van der Waals surface area contributed by atoms with E-state index in [0.717, 1.165) is 11.3 Å². The van der Waals surface area contributed by atoms with Crippen LogP contribution in [-0.2, 0) is 4.79 Å². The van der Waals surface area contributed by atoms with Gasteiger partial charge in [-0.2, -0.15) is 0 Å². The molecule has 0 radical (unpaired) electrons. The van der Waals surface area contributed by atoms with Crippen molar-refractivity contribution < 1.29 is 14.1 Å². The fourth-order valence-corrected chi connectivity index (χ4v) is 5.09. The van der Waals surface area contributed by atoms with Crippen LogP contribution in [0.1, 0.15) is 24.3 Å². The number of aromatic nitrogens is 1. The third kappa shape index (κ3) is 4.39. The average Bonchev–Trinajstić information content (AvgIpc) is 3.44. The zero-order chi connectivity index (χ0) is 25.4. The second-order valence-corrected chi connectivity index (χ2v) is 9.33. The summed E-state index contributed by atoms with van der Waals surface area (Å²) in [6, 6.07) is 17.8. The summed E-state index contributed by atoms with van der Waals surface area (Å²) in [7, 11) is 0. The molecule has 5 rings (SSSR count). The lowest BCUT2D eigenvalue weighted by Crippen LogP contribution is -2.40. The minimum Gasteiger partial charge on any atom is -0.401 e. The molecular formula is C25H17ClN4O5S. The molecule has 1 amide bonds. The van der Waals surface area contributed by atoms with Crippen LogP contribution in [0.2, 0.25) is 5.02 Å². The summed E-state index contributed by atoms with van der Waals surface area (Å²) < 4.78 is 6.90. The molecule has 0 fully saturated rings. The molecule has 11 heteroatoms. The van der Waals surface area contributed by atoms with Gasteiger partial charge in [0.15, 0.2) is 4.80 Å². The molecule has 1 aliphatic heterocycles. The van der Waals surface area contributed by atoms with Crippen LogP contribution in [0.4, 0.5) is 11.6 Å². The van der Waals surface area contributed by atoms with Crippen LogP contribution < -0.4 is 20.2 Å². The fourth-order valence-electron chi connectivity index (χ4n) is 3.94. The van der Waals surface area contributed by atoms with Gasteiger partial charge in [-0.3, -0.25) is 24.3 Å². The summed E-state index contributed by atoms with van der Waals surface area (Å²) in [5, 5.41) is 14.3. The quantitative estimate of drug-likeness (QED) is 0.315. The molecule has 0 aliphatic carbocycles. The Kier molecular flexibility index (Phi) is 6.13. The maximum Gasteiger partial charge on any atom is 0.433 e. The minimum absolute atomic E-state index is 0.160. The summed E-state index contributed by atoms with van der Waals surface area (Å²) in [6.45, 7) is 1.72. The Bertz CT molecular complexity index is 1700. The molecule has 1 N–H and O–H groups in total.